The minimum atomic E-state index is -1.04. The van der Waals surface area contributed by atoms with E-state index in [9.17, 15) is 14.7 Å². The largest absolute Gasteiger partial charge is 0.480 e. The summed E-state index contributed by atoms with van der Waals surface area (Å²) < 4.78 is 0. The van der Waals surface area contributed by atoms with Crippen LogP contribution in [0.1, 0.15) is 44.9 Å². The van der Waals surface area contributed by atoms with Gasteiger partial charge in [-0.25, -0.2) is 9.59 Å². The van der Waals surface area contributed by atoms with Gasteiger partial charge in [0.1, 0.15) is 5.54 Å². The van der Waals surface area contributed by atoms with Crippen molar-refractivity contribution < 1.29 is 14.7 Å². The van der Waals surface area contributed by atoms with Crippen molar-refractivity contribution in [3.8, 4) is 0 Å². The van der Waals surface area contributed by atoms with Gasteiger partial charge in [-0.05, 0) is 37.7 Å². The van der Waals surface area contributed by atoms with Crippen LogP contribution < -0.4 is 10.6 Å². The van der Waals surface area contributed by atoms with Gasteiger partial charge in [0.05, 0.1) is 0 Å². The van der Waals surface area contributed by atoms with E-state index in [4.69, 9.17) is 0 Å². The Bertz CT molecular complexity index is 304. The van der Waals surface area contributed by atoms with Crippen LogP contribution in [-0.2, 0) is 4.79 Å². The number of carbonyl (C=O) groups excluding carboxylic acids is 1. The van der Waals surface area contributed by atoms with E-state index in [1.807, 2.05) is 11.8 Å². The Balaban J connectivity index is 2.21. The van der Waals surface area contributed by atoms with Crippen LogP contribution >= 0.6 is 11.8 Å². The van der Waals surface area contributed by atoms with E-state index in [0.717, 1.165) is 37.9 Å². The molecule has 0 aromatic carbocycles. The lowest BCUT2D eigenvalue weighted by atomic mass is 9.98. The van der Waals surface area contributed by atoms with Gasteiger partial charge in [0.2, 0.25) is 0 Å². The van der Waals surface area contributed by atoms with Gasteiger partial charge in [0, 0.05) is 6.54 Å². The first-order chi connectivity index (χ1) is 9.10. The van der Waals surface area contributed by atoms with Crippen LogP contribution in [-0.4, -0.2) is 41.2 Å². The van der Waals surface area contributed by atoms with Crippen molar-refractivity contribution in [2.24, 2.45) is 0 Å². The van der Waals surface area contributed by atoms with Crippen molar-refractivity contribution in [1.82, 2.24) is 10.6 Å². The van der Waals surface area contributed by atoms with Gasteiger partial charge in [-0.2, -0.15) is 11.8 Å². The number of urea groups is 1. The summed E-state index contributed by atoms with van der Waals surface area (Å²) in [4.78, 5) is 23.0. The van der Waals surface area contributed by atoms with Crippen LogP contribution in [0.15, 0.2) is 0 Å². The van der Waals surface area contributed by atoms with Crippen molar-refractivity contribution in [3.63, 3.8) is 0 Å². The normalized spacial score (nSPS) is 17.1. The second-order valence-electron chi connectivity index (χ2n) is 5.03. The van der Waals surface area contributed by atoms with Gasteiger partial charge in [-0.1, -0.05) is 19.3 Å². The lowest BCUT2D eigenvalue weighted by Crippen LogP contribution is -2.55. The second kappa shape index (κ2) is 8.30. The molecule has 1 fully saturated rings. The maximum atomic E-state index is 11.7. The Morgan fingerprint density at radius 1 is 1.21 bits per heavy atom. The van der Waals surface area contributed by atoms with Crippen molar-refractivity contribution in [2.45, 2.75) is 50.5 Å². The minimum Gasteiger partial charge on any atom is -0.480 e. The van der Waals surface area contributed by atoms with Crippen molar-refractivity contribution in [1.29, 1.82) is 0 Å². The summed E-state index contributed by atoms with van der Waals surface area (Å²) in [6.45, 7) is 0.607. The molecule has 6 heteroatoms. The van der Waals surface area contributed by atoms with Crippen molar-refractivity contribution >= 4 is 23.8 Å². The van der Waals surface area contributed by atoms with Crippen LogP contribution in [0.4, 0.5) is 4.79 Å². The first-order valence-electron chi connectivity index (χ1n) is 6.89. The van der Waals surface area contributed by atoms with E-state index < -0.39 is 11.5 Å². The summed E-state index contributed by atoms with van der Waals surface area (Å²) in [7, 11) is 0. The molecule has 0 atom stereocenters. The summed E-state index contributed by atoms with van der Waals surface area (Å²) in [5.41, 5.74) is -1.04. The minimum absolute atomic E-state index is 0.353. The molecule has 1 aliphatic rings. The molecule has 0 spiro atoms. The number of carboxylic acids is 1. The van der Waals surface area contributed by atoms with Crippen LogP contribution in [0.2, 0.25) is 0 Å². The van der Waals surface area contributed by atoms with E-state index >= 15 is 0 Å². The topological polar surface area (TPSA) is 78.4 Å². The summed E-state index contributed by atoms with van der Waals surface area (Å²) in [6.07, 6.45) is 8.05. The highest BCUT2D eigenvalue weighted by atomic mass is 32.2. The standard InChI is InChI=1S/C13H24N2O3S/c1-19-10-6-2-5-9-14-12(18)15-13(11(16)17)7-3-4-8-13/h2-10H2,1H3,(H,16,17)(H2,14,15,18). The molecule has 0 bridgehead atoms. The van der Waals surface area contributed by atoms with Gasteiger partial charge < -0.3 is 15.7 Å². The number of carboxylic acid groups (broad SMARTS) is 1. The zero-order chi connectivity index (χ0) is 14.1. The lowest BCUT2D eigenvalue weighted by Gasteiger charge is -2.25. The third kappa shape index (κ3) is 5.30. The van der Waals surface area contributed by atoms with Crippen LogP contribution in [0.25, 0.3) is 0 Å². The molecule has 3 N–H and O–H groups in total. The predicted octanol–water partition coefficient (Wildman–Crippen LogP) is 2.22. The lowest BCUT2D eigenvalue weighted by molar-refractivity contribution is -0.144. The average Bonchev–Trinajstić information content (AvgIpc) is 2.83. The Hall–Kier alpha value is -0.910. The molecule has 0 unspecified atom stereocenters. The summed E-state index contributed by atoms with van der Waals surface area (Å²) in [5, 5.41) is 14.6. The number of nitrogens with one attached hydrogen (secondary N) is 2. The van der Waals surface area contributed by atoms with E-state index in [0.29, 0.717) is 19.4 Å². The average molecular weight is 288 g/mol. The first-order valence-corrected chi connectivity index (χ1v) is 8.28. The predicted molar refractivity (Wildman–Crippen MR) is 77.6 cm³/mol. The van der Waals surface area contributed by atoms with Crippen LogP contribution in [0.3, 0.4) is 0 Å². The van der Waals surface area contributed by atoms with E-state index in [1.54, 1.807) is 0 Å². The van der Waals surface area contributed by atoms with Crippen molar-refractivity contribution in [3.05, 3.63) is 0 Å². The SMILES string of the molecule is CSCCCCCNC(=O)NC1(C(=O)O)CCCC1. The Labute approximate surface area is 118 Å². The third-order valence-electron chi connectivity index (χ3n) is 3.53. The molecule has 0 aliphatic heterocycles. The Morgan fingerprint density at radius 2 is 1.89 bits per heavy atom. The Kier molecular flexibility index (Phi) is 7.05. The molecule has 5 nitrogen and oxygen atoms in total. The molecule has 0 radical (unpaired) electrons. The molecule has 1 saturated carbocycles. The molecule has 1 rings (SSSR count). The number of aliphatic carboxylic acids is 1. The van der Waals surface area contributed by atoms with E-state index in [-0.39, 0.29) is 6.03 Å². The number of unbranched alkanes of at least 4 members (excludes halogenated alkanes) is 2. The molecule has 0 heterocycles. The molecule has 1 aliphatic carbocycles. The molecule has 19 heavy (non-hydrogen) atoms. The highest BCUT2D eigenvalue weighted by Crippen LogP contribution is 2.29. The van der Waals surface area contributed by atoms with E-state index in [2.05, 4.69) is 16.9 Å². The number of carbonyl (C=O) groups is 2. The molecule has 2 amide bonds. The van der Waals surface area contributed by atoms with Gasteiger partial charge in [0.15, 0.2) is 0 Å². The van der Waals surface area contributed by atoms with Crippen LogP contribution in [0, 0.1) is 0 Å². The number of hydrogen-bond acceptors (Lipinski definition) is 3. The molecule has 0 aromatic rings. The maximum Gasteiger partial charge on any atom is 0.329 e. The highest BCUT2D eigenvalue weighted by molar-refractivity contribution is 7.98. The van der Waals surface area contributed by atoms with Crippen LogP contribution in [0.5, 0.6) is 0 Å². The second-order valence-corrected chi connectivity index (χ2v) is 6.01. The zero-order valence-corrected chi connectivity index (χ0v) is 12.4. The zero-order valence-electron chi connectivity index (χ0n) is 11.5. The number of amides is 2. The van der Waals surface area contributed by atoms with Gasteiger partial charge in [-0.15, -0.1) is 0 Å². The quantitative estimate of drug-likeness (QED) is 0.598. The molecular weight excluding hydrogens is 264 g/mol. The smallest absolute Gasteiger partial charge is 0.329 e. The fraction of sp³-hybridized carbons (Fsp3) is 0.846. The number of rotatable bonds is 8. The molecule has 0 aromatic heterocycles. The molecule has 110 valence electrons. The fourth-order valence-corrected chi connectivity index (χ4v) is 2.88. The number of thioether (sulfide) groups is 1. The fourth-order valence-electron chi connectivity index (χ4n) is 2.38. The summed E-state index contributed by atoms with van der Waals surface area (Å²) in [5.74, 6) is 0.231. The van der Waals surface area contributed by atoms with Gasteiger partial charge in [-0.3, -0.25) is 0 Å². The van der Waals surface area contributed by atoms with E-state index in [1.165, 1.54) is 0 Å². The maximum absolute atomic E-state index is 11.7. The summed E-state index contributed by atoms with van der Waals surface area (Å²) in [6, 6.07) is -0.353. The monoisotopic (exact) mass is 288 g/mol. The first kappa shape index (κ1) is 16.1. The highest BCUT2D eigenvalue weighted by Gasteiger charge is 2.42. The molecular formula is C13H24N2O3S. The number of hydrogen-bond donors (Lipinski definition) is 3. The summed E-state index contributed by atoms with van der Waals surface area (Å²) >= 11 is 1.82. The molecule has 0 saturated heterocycles. The van der Waals surface area contributed by atoms with Gasteiger partial charge >= 0.3 is 12.0 Å². The van der Waals surface area contributed by atoms with Crippen molar-refractivity contribution in [2.75, 3.05) is 18.6 Å². The third-order valence-corrected chi connectivity index (χ3v) is 4.23. The Morgan fingerprint density at radius 3 is 2.47 bits per heavy atom. The van der Waals surface area contributed by atoms with Gasteiger partial charge in [0.25, 0.3) is 0 Å².